The Balaban J connectivity index is 2.10. The Labute approximate surface area is 129 Å². The van der Waals surface area contributed by atoms with Crippen LogP contribution in [0, 0.1) is 11.3 Å². The molecule has 21 heavy (non-hydrogen) atoms. The number of anilines is 1. The van der Waals surface area contributed by atoms with E-state index < -0.39 is 0 Å². The first kappa shape index (κ1) is 15.9. The predicted octanol–water partition coefficient (Wildman–Crippen LogP) is 3.45. The molecule has 0 saturated carbocycles. The van der Waals surface area contributed by atoms with Crippen molar-refractivity contribution < 1.29 is 0 Å². The molecule has 1 unspecified atom stereocenters. The highest BCUT2D eigenvalue weighted by molar-refractivity contribution is 5.47. The highest BCUT2D eigenvalue weighted by Crippen LogP contribution is 2.26. The maximum Gasteiger partial charge on any atom is 0.110 e. The molecule has 0 spiro atoms. The standard InChI is InChI=1S/C18H27N3/c1-4-20(5-2)17-10-8-16(9-11-17)14-18(3,15-19)21-12-6-7-13-21/h8-11H,4-7,12-14H2,1-3H3. The van der Waals surface area contributed by atoms with Gasteiger partial charge >= 0.3 is 0 Å². The zero-order valence-electron chi connectivity index (χ0n) is 13.6. The molecule has 2 rings (SSSR count). The monoisotopic (exact) mass is 285 g/mol. The number of likely N-dealkylation sites (tertiary alicyclic amines) is 1. The van der Waals surface area contributed by atoms with E-state index in [-0.39, 0.29) is 5.54 Å². The van der Waals surface area contributed by atoms with Crippen LogP contribution in [0.15, 0.2) is 24.3 Å². The molecule has 3 nitrogen and oxygen atoms in total. The Morgan fingerprint density at radius 1 is 1.14 bits per heavy atom. The number of nitrogens with zero attached hydrogens (tertiary/aromatic N) is 3. The Bertz CT molecular complexity index is 478. The first-order chi connectivity index (χ1) is 10.1. The van der Waals surface area contributed by atoms with Crippen LogP contribution in [0.1, 0.15) is 39.2 Å². The highest BCUT2D eigenvalue weighted by atomic mass is 15.2. The fourth-order valence-corrected chi connectivity index (χ4v) is 3.24. The molecule has 1 aromatic rings. The van der Waals surface area contributed by atoms with Gasteiger partial charge in [-0.25, -0.2) is 0 Å². The van der Waals surface area contributed by atoms with Crippen molar-refractivity contribution in [2.24, 2.45) is 0 Å². The molecule has 0 bridgehead atoms. The summed E-state index contributed by atoms with van der Waals surface area (Å²) < 4.78 is 0. The van der Waals surface area contributed by atoms with Crippen molar-refractivity contribution >= 4 is 5.69 Å². The van der Waals surface area contributed by atoms with Crippen LogP contribution in [-0.2, 0) is 6.42 Å². The smallest absolute Gasteiger partial charge is 0.110 e. The molecule has 1 fully saturated rings. The van der Waals surface area contributed by atoms with Gasteiger partial charge in [0.15, 0.2) is 0 Å². The van der Waals surface area contributed by atoms with Gasteiger partial charge in [-0.3, -0.25) is 4.90 Å². The minimum atomic E-state index is -0.368. The van der Waals surface area contributed by atoms with Gasteiger partial charge in [0.05, 0.1) is 6.07 Å². The van der Waals surface area contributed by atoms with Crippen molar-refractivity contribution in [3.8, 4) is 6.07 Å². The second-order valence-electron chi connectivity index (χ2n) is 6.10. The Morgan fingerprint density at radius 2 is 1.71 bits per heavy atom. The minimum absolute atomic E-state index is 0.368. The van der Waals surface area contributed by atoms with Crippen molar-refractivity contribution in [1.82, 2.24) is 4.90 Å². The number of hydrogen-bond acceptors (Lipinski definition) is 3. The highest BCUT2D eigenvalue weighted by Gasteiger charge is 2.33. The summed E-state index contributed by atoms with van der Waals surface area (Å²) in [5.41, 5.74) is 2.15. The molecule has 0 radical (unpaired) electrons. The molecule has 0 N–H and O–H groups in total. The van der Waals surface area contributed by atoms with Crippen LogP contribution >= 0.6 is 0 Å². The third-order valence-corrected chi connectivity index (χ3v) is 4.66. The SMILES string of the molecule is CCN(CC)c1ccc(CC(C)(C#N)N2CCCC2)cc1. The van der Waals surface area contributed by atoms with E-state index in [1.807, 2.05) is 0 Å². The molecule has 114 valence electrons. The molecular formula is C18H27N3. The summed E-state index contributed by atoms with van der Waals surface area (Å²) in [6.07, 6.45) is 3.25. The number of rotatable bonds is 6. The van der Waals surface area contributed by atoms with Crippen LogP contribution in [0.2, 0.25) is 0 Å². The van der Waals surface area contributed by atoms with Gasteiger partial charge in [0.1, 0.15) is 5.54 Å². The zero-order valence-corrected chi connectivity index (χ0v) is 13.6. The maximum absolute atomic E-state index is 9.63. The van der Waals surface area contributed by atoms with Gasteiger partial charge < -0.3 is 4.90 Å². The fraction of sp³-hybridized carbons (Fsp3) is 0.611. The van der Waals surface area contributed by atoms with Crippen LogP contribution in [0.25, 0.3) is 0 Å². The molecule has 1 aromatic carbocycles. The topological polar surface area (TPSA) is 30.3 Å². The lowest BCUT2D eigenvalue weighted by molar-refractivity contribution is 0.191. The molecule has 1 saturated heterocycles. The quantitative estimate of drug-likeness (QED) is 0.802. The van der Waals surface area contributed by atoms with E-state index >= 15 is 0 Å². The van der Waals surface area contributed by atoms with E-state index in [0.29, 0.717) is 0 Å². The summed E-state index contributed by atoms with van der Waals surface area (Å²) >= 11 is 0. The molecule has 1 atom stereocenters. The van der Waals surface area contributed by atoms with E-state index in [4.69, 9.17) is 0 Å². The average molecular weight is 285 g/mol. The second-order valence-corrected chi connectivity index (χ2v) is 6.10. The number of nitriles is 1. The third-order valence-electron chi connectivity index (χ3n) is 4.66. The van der Waals surface area contributed by atoms with Crippen LogP contribution in [0.3, 0.4) is 0 Å². The first-order valence-corrected chi connectivity index (χ1v) is 8.13. The largest absolute Gasteiger partial charge is 0.372 e. The van der Waals surface area contributed by atoms with Gasteiger partial charge in [0.2, 0.25) is 0 Å². The molecule has 1 heterocycles. The minimum Gasteiger partial charge on any atom is -0.372 e. The lowest BCUT2D eigenvalue weighted by Gasteiger charge is -2.32. The normalized spacial score (nSPS) is 18.2. The van der Waals surface area contributed by atoms with Gasteiger partial charge in [0, 0.05) is 25.2 Å². The Kier molecular flexibility index (Phi) is 5.25. The summed E-state index contributed by atoms with van der Waals surface area (Å²) in [6, 6.07) is 11.3. The Hall–Kier alpha value is -1.53. The summed E-state index contributed by atoms with van der Waals surface area (Å²) in [6.45, 7) is 10.6. The lowest BCUT2D eigenvalue weighted by Crippen LogP contribution is -2.45. The second kappa shape index (κ2) is 6.95. The number of hydrogen-bond donors (Lipinski definition) is 0. The van der Waals surface area contributed by atoms with Crippen LogP contribution < -0.4 is 4.90 Å². The van der Waals surface area contributed by atoms with Crippen molar-refractivity contribution in [2.75, 3.05) is 31.1 Å². The van der Waals surface area contributed by atoms with Crippen molar-refractivity contribution in [1.29, 1.82) is 5.26 Å². The van der Waals surface area contributed by atoms with Crippen molar-refractivity contribution in [3.05, 3.63) is 29.8 Å². The number of benzene rings is 1. The van der Waals surface area contributed by atoms with Crippen LogP contribution in [-0.4, -0.2) is 36.6 Å². The fourth-order valence-electron chi connectivity index (χ4n) is 3.24. The summed E-state index contributed by atoms with van der Waals surface area (Å²) in [4.78, 5) is 4.68. The van der Waals surface area contributed by atoms with Gasteiger partial charge in [-0.1, -0.05) is 12.1 Å². The van der Waals surface area contributed by atoms with Gasteiger partial charge in [-0.15, -0.1) is 0 Å². The predicted molar refractivity (Wildman–Crippen MR) is 88.5 cm³/mol. The first-order valence-electron chi connectivity index (χ1n) is 8.13. The summed E-state index contributed by atoms with van der Waals surface area (Å²) in [5.74, 6) is 0. The van der Waals surface area contributed by atoms with Gasteiger partial charge in [0.25, 0.3) is 0 Å². The Morgan fingerprint density at radius 3 is 2.19 bits per heavy atom. The molecule has 0 aliphatic carbocycles. The molecular weight excluding hydrogens is 258 g/mol. The third kappa shape index (κ3) is 3.57. The molecule has 1 aliphatic rings. The van der Waals surface area contributed by atoms with Crippen molar-refractivity contribution in [2.45, 2.75) is 45.6 Å². The van der Waals surface area contributed by atoms with Crippen molar-refractivity contribution in [3.63, 3.8) is 0 Å². The zero-order chi connectivity index (χ0) is 15.3. The summed E-state index contributed by atoms with van der Waals surface area (Å²) in [5, 5.41) is 9.63. The average Bonchev–Trinajstić information content (AvgIpc) is 3.05. The molecule has 0 amide bonds. The van der Waals surface area contributed by atoms with Crippen LogP contribution in [0.4, 0.5) is 5.69 Å². The molecule has 0 aromatic heterocycles. The summed E-state index contributed by atoms with van der Waals surface area (Å²) in [7, 11) is 0. The van der Waals surface area contributed by atoms with E-state index in [0.717, 1.165) is 32.6 Å². The molecule has 1 aliphatic heterocycles. The maximum atomic E-state index is 9.63. The van der Waals surface area contributed by atoms with Gasteiger partial charge in [-0.2, -0.15) is 5.26 Å². The van der Waals surface area contributed by atoms with Crippen LogP contribution in [0.5, 0.6) is 0 Å². The van der Waals surface area contributed by atoms with E-state index in [1.165, 1.54) is 24.1 Å². The van der Waals surface area contributed by atoms with Gasteiger partial charge in [-0.05, 0) is 64.4 Å². The van der Waals surface area contributed by atoms with E-state index in [2.05, 4.69) is 60.9 Å². The van der Waals surface area contributed by atoms with E-state index in [1.54, 1.807) is 0 Å². The molecule has 3 heteroatoms. The lowest BCUT2D eigenvalue weighted by atomic mass is 9.92. The van der Waals surface area contributed by atoms with E-state index in [9.17, 15) is 5.26 Å².